The fourth-order valence-corrected chi connectivity index (χ4v) is 4.08. The van der Waals surface area contributed by atoms with Crippen LogP contribution in [-0.2, 0) is 17.6 Å². The second kappa shape index (κ2) is 7.55. The number of piperidine rings is 1. The van der Waals surface area contributed by atoms with Gasteiger partial charge in [-0.2, -0.15) is 0 Å². The molecule has 0 unspecified atom stereocenters. The van der Waals surface area contributed by atoms with Crippen LogP contribution in [0.4, 0.5) is 0 Å². The van der Waals surface area contributed by atoms with Crippen LogP contribution in [0.1, 0.15) is 42.1 Å². The van der Waals surface area contributed by atoms with Crippen molar-refractivity contribution in [1.82, 2.24) is 20.0 Å². The number of para-hydroxylation sites is 2. The number of rotatable bonds is 5. The van der Waals surface area contributed by atoms with Crippen LogP contribution in [0.25, 0.3) is 11.0 Å². The highest BCUT2D eigenvalue weighted by Gasteiger charge is 2.25. The number of amides is 1. The van der Waals surface area contributed by atoms with Crippen molar-refractivity contribution in [2.45, 2.75) is 46.0 Å². The molecule has 6 nitrogen and oxygen atoms in total. The lowest BCUT2D eigenvalue weighted by Crippen LogP contribution is -2.40. The van der Waals surface area contributed by atoms with Gasteiger partial charge in [0.15, 0.2) is 0 Å². The third kappa shape index (κ3) is 3.89. The van der Waals surface area contributed by atoms with Crippen molar-refractivity contribution in [3.05, 3.63) is 47.1 Å². The molecule has 3 heterocycles. The van der Waals surface area contributed by atoms with Gasteiger partial charge in [0.2, 0.25) is 5.91 Å². The van der Waals surface area contributed by atoms with E-state index in [1.807, 2.05) is 36.9 Å². The maximum absolute atomic E-state index is 12.7. The molecule has 142 valence electrons. The molecule has 1 saturated heterocycles. The molecular formula is C21H26N4O2. The summed E-state index contributed by atoms with van der Waals surface area (Å²) in [6.45, 7) is 5.51. The first kappa shape index (κ1) is 17.8. The molecule has 1 aliphatic rings. The summed E-state index contributed by atoms with van der Waals surface area (Å²) in [6.07, 6.45) is 4.31. The molecular weight excluding hydrogens is 340 g/mol. The van der Waals surface area contributed by atoms with E-state index in [-0.39, 0.29) is 5.91 Å². The highest BCUT2D eigenvalue weighted by Crippen LogP contribution is 2.23. The van der Waals surface area contributed by atoms with Crippen LogP contribution in [0.2, 0.25) is 0 Å². The van der Waals surface area contributed by atoms with E-state index in [0.29, 0.717) is 18.8 Å². The lowest BCUT2D eigenvalue weighted by atomic mass is 9.94. The SMILES string of the molecule is Cc1noc(C)c1CCC(=O)N1CCC[C@H](Cc2nc3ccccc3[nH]2)C1. The van der Waals surface area contributed by atoms with Gasteiger partial charge in [-0.1, -0.05) is 17.3 Å². The van der Waals surface area contributed by atoms with E-state index >= 15 is 0 Å². The van der Waals surface area contributed by atoms with Gasteiger partial charge in [-0.15, -0.1) is 0 Å². The standard InChI is InChI=1S/C21H26N4O2/c1-14-17(15(2)27-24-14)9-10-21(26)25-11-5-6-16(13-25)12-20-22-18-7-3-4-8-19(18)23-20/h3-4,7-8,16H,5-6,9-13H2,1-2H3,(H,22,23)/t16-/m1/s1. The molecule has 1 amide bonds. The van der Waals surface area contributed by atoms with Crippen molar-refractivity contribution < 1.29 is 9.32 Å². The van der Waals surface area contributed by atoms with Gasteiger partial charge in [0.05, 0.1) is 16.7 Å². The molecule has 1 aromatic carbocycles. The number of aromatic nitrogens is 3. The number of carbonyl (C=O) groups excluding carboxylic acids is 1. The zero-order chi connectivity index (χ0) is 18.8. The summed E-state index contributed by atoms with van der Waals surface area (Å²) in [5, 5.41) is 3.97. The van der Waals surface area contributed by atoms with Crippen LogP contribution in [-0.4, -0.2) is 39.0 Å². The summed E-state index contributed by atoms with van der Waals surface area (Å²) in [5.41, 5.74) is 4.05. The number of H-pyrrole nitrogens is 1. The van der Waals surface area contributed by atoms with E-state index in [4.69, 9.17) is 4.52 Å². The maximum atomic E-state index is 12.7. The van der Waals surface area contributed by atoms with E-state index in [9.17, 15) is 4.79 Å². The van der Waals surface area contributed by atoms with E-state index in [1.54, 1.807) is 0 Å². The first-order valence-corrected chi connectivity index (χ1v) is 9.73. The lowest BCUT2D eigenvalue weighted by molar-refractivity contribution is -0.133. The van der Waals surface area contributed by atoms with E-state index < -0.39 is 0 Å². The van der Waals surface area contributed by atoms with E-state index in [1.165, 1.54) is 0 Å². The Bertz CT molecular complexity index is 890. The van der Waals surface area contributed by atoms with Gasteiger partial charge in [0.25, 0.3) is 0 Å². The molecule has 0 saturated carbocycles. The van der Waals surface area contributed by atoms with Gasteiger partial charge in [0, 0.05) is 31.5 Å². The molecule has 0 spiro atoms. The third-order valence-corrected chi connectivity index (χ3v) is 5.56. The Kier molecular flexibility index (Phi) is 4.97. The minimum Gasteiger partial charge on any atom is -0.361 e. The Hall–Kier alpha value is -2.63. The number of carbonyl (C=O) groups is 1. The Labute approximate surface area is 158 Å². The molecule has 27 heavy (non-hydrogen) atoms. The van der Waals surface area contributed by atoms with Crippen molar-refractivity contribution in [2.24, 2.45) is 5.92 Å². The van der Waals surface area contributed by atoms with Crippen LogP contribution in [0, 0.1) is 19.8 Å². The second-order valence-corrected chi connectivity index (χ2v) is 7.56. The molecule has 4 rings (SSSR count). The fraction of sp³-hybridized carbons (Fsp3) is 0.476. The smallest absolute Gasteiger partial charge is 0.222 e. The van der Waals surface area contributed by atoms with Crippen molar-refractivity contribution in [2.75, 3.05) is 13.1 Å². The Morgan fingerprint density at radius 1 is 1.33 bits per heavy atom. The zero-order valence-electron chi connectivity index (χ0n) is 16.0. The fourth-order valence-electron chi connectivity index (χ4n) is 4.08. The van der Waals surface area contributed by atoms with E-state index in [0.717, 1.165) is 66.2 Å². The Morgan fingerprint density at radius 2 is 2.19 bits per heavy atom. The lowest BCUT2D eigenvalue weighted by Gasteiger charge is -2.32. The van der Waals surface area contributed by atoms with Crippen molar-refractivity contribution in [3.63, 3.8) is 0 Å². The number of fused-ring (bicyclic) bond motifs is 1. The van der Waals surface area contributed by atoms with Gasteiger partial charge in [-0.05, 0) is 51.2 Å². The van der Waals surface area contributed by atoms with Gasteiger partial charge >= 0.3 is 0 Å². The average Bonchev–Trinajstić information content (AvgIpc) is 3.22. The van der Waals surface area contributed by atoms with E-state index in [2.05, 4.69) is 21.2 Å². The van der Waals surface area contributed by atoms with Crippen LogP contribution < -0.4 is 0 Å². The molecule has 1 atom stereocenters. The Morgan fingerprint density at radius 3 is 2.96 bits per heavy atom. The van der Waals surface area contributed by atoms with Crippen molar-refractivity contribution in [1.29, 1.82) is 0 Å². The molecule has 1 aliphatic heterocycles. The molecule has 1 N–H and O–H groups in total. The molecule has 0 aliphatic carbocycles. The summed E-state index contributed by atoms with van der Waals surface area (Å²) >= 11 is 0. The number of nitrogens with one attached hydrogen (secondary N) is 1. The molecule has 0 radical (unpaired) electrons. The summed E-state index contributed by atoms with van der Waals surface area (Å²) in [7, 11) is 0. The number of aromatic amines is 1. The van der Waals surface area contributed by atoms with Gasteiger partial charge < -0.3 is 14.4 Å². The zero-order valence-corrected chi connectivity index (χ0v) is 16.0. The number of hydrogen-bond acceptors (Lipinski definition) is 4. The highest BCUT2D eigenvalue weighted by atomic mass is 16.5. The van der Waals surface area contributed by atoms with Crippen LogP contribution in [0.5, 0.6) is 0 Å². The average molecular weight is 366 g/mol. The highest BCUT2D eigenvalue weighted by molar-refractivity contribution is 5.76. The minimum atomic E-state index is 0.226. The number of benzene rings is 1. The largest absolute Gasteiger partial charge is 0.361 e. The topological polar surface area (TPSA) is 75.0 Å². The normalized spacial score (nSPS) is 17.6. The number of hydrogen-bond donors (Lipinski definition) is 1. The number of aryl methyl sites for hydroxylation is 2. The first-order valence-electron chi connectivity index (χ1n) is 9.73. The number of imidazole rings is 1. The van der Waals surface area contributed by atoms with Crippen molar-refractivity contribution >= 4 is 16.9 Å². The molecule has 0 bridgehead atoms. The van der Waals surface area contributed by atoms with Gasteiger partial charge in [-0.25, -0.2) is 4.98 Å². The van der Waals surface area contributed by atoms with Gasteiger partial charge in [-0.3, -0.25) is 4.79 Å². The van der Waals surface area contributed by atoms with Gasteiger partial charge in [0.1, 0.15) is 11.6 Å². The number of likely N-dealkylation sites (tertiary alicyclic amines) is 1. The summed E-state index contributed by atoms with van der Waals surface area (Å²) < 4.78 is 5.20. The van der Waals surface area contributed by atoms with Crippen molar-refractivity contribution in [3.8, 4) is 0 Å². The Balaban J connectivity index is 1.35. The predicted octanol–water partition coefficient (Wildman–Crippen LogP) is 3.58. The summed E-state index contributed by atoms with van der Waals surface area (Å²) in [4.78, 5) is 22.8. The monoisotopic (exact) mass is 366 g/mol. The minimum absolute atomic E-state index is 0.226. The quantitative estimate of drug-likeness (QED) is 0.749. The number of nitrogens with zero attached hydrogens (tertiary/aromatic N) is 3. The summed E-state index contributed by atoms with van der Waals surface area (Å²) in [5.74, 6) is 2.53. The molecule has 3 aromatic rings. The van der Waals surface area contributed by atoms with Crippen LogP contribution in [0.15, 0.2) is 28.8 Å². The maximum Gasteiger partial charge on any atom is 0.222 e. The summed E-state index contributed by atoms with van der Waals surface area (Å²) in [6, 6.07) is 8.11. The third-order valence-electron chi connectivity index (χ3n) is 5.56. The molecule has 2 aromatic heterocycles. The second-order valence-electron chi connectivity index (χ2n) is 7.56. The van der Waals surface area contributed by atoms with Crippen LogP contribution >= 0.6 is 0 Å². The molecule has 6 heteroatoms. The molecule has 1 fully saturated rings. The predicted molar refractivity (Wildman–Crippen MR) is 103 cm³/mol. The van der Waals surface area contributed by atoms with Crippen LogP contribution in [0.3, 0.4) is 0 Å². The first-order chi connectivity index (χ1) is 13.1.